The monoisotopic (exact) mass is 251 g/mol. The van der Waals surface area contributed by atoms with Gasteiger partial charge in [0, 0.05) is 12.1 Å². The largest absolute Gasteiger partial charge is 0.491 e. The summed E-state index contributed by atoms with van der Waals surface area (Å²) in [4.78, 5) is 22.0. The molecule has 0 aromatic heterocycles. The van der Waals surface area contributed by atoms with Crippen molar-refractivity contribution >= 4 is 11.9 Å². The van der Waals surface area contributed by atoms with Crippen molar-refractivity contribution in [2.45, 2.75) is 26.4 Å². The van der Waals surface area contributed by atoms with Gasteiger partial charge in [0.05, 0.1) is 12.5 Å². The van der Waals surface area contributed by atoms with Crippen LogP contribution in [0.4, 0.5) is 0 Å². The first kappa shape index (κ1) is 14.0. The van der Waals surface area contributed by atoms with Gasteiger partial charge < -0.3 is 15.2 Å². The van der Waals surface area contributed by atoms with Gasteiger partial charge in [-0.15, -0.1) is 0 Å². The number of hydrogen-bond acceptors (Lipinski definition) is 3. The average molecular weight is 251 g/mol. The van der Waals surface area contributed by atoms with Crippen LogP contribution in [0, 0.1) is 0 Å². The first-order chi connectivity index (χ1) is 8.49. The van der Waals surface area contributed by atoms with Gasteiger partial charge in [-0.25, -0.2) is 0 Å². The zero-order valence-corrected chi connectivity index (χ0v) is 10.5. The Kier molecular flexibility index (Phi) is 5.17. The Labute approximate surface area is 106 Å². The van der Waals surface area contributed by atoms with Gasteiger partial charge in [0.25, 0.3) is 5.91 Å². The van der Waals surface area contributed by atoms with Crippen LogP contribution < -0.4 is 10.1 Å². The van der Waals surface area contributed by atoms with E-state index in [1.54, 1.807) is 24.3 Å². The van der Waals surface area contributed by atoms with E-state index in [2.05, 4.69) is 5.32 Å². The normalized spacial score (nSPS) is 10.2. The summed E-state index contributed by atoms with van der Waals surface area (Å²) in [7, 11) is 0. The number of rotatable bonds is 6. The first-order valence-electron chi connectivity index (χ1n) is 5.75. The fraction of sp³-hybridized carbons (Fsp3) is 0.385. The molecule has 0 aliphatic rings. The van der Waals surface area contributed by atoms with Gasteiger partial charge in [-0.3, -0.25) is 9.59 Å². The zero-order valence-electron chi connectivity index (χ0n) is 10.5. The van der Waals surface area contributed by atoms with Crippen LogP contribution in [0.15, 0.2) is 24.3 Å². The van der Waals surface area contributed by atoms with Crippen LogP contribution in [0.5, 0.6) is 5.75 Å². The molecule has 18 heavy (non-hydrogen) atoms. The van der Waals surface area contributed by atoms with Crippen molar-refractivity contribution in [2.75, 3.05) is 6.54 Å². The zero-order chi connectivity index (χ0) is 13.5. The number of benzene rings is 1. The van der Waals surface area contributed by atoms with Crippen molar-refractivity contribution in [3.63, 3.8) is 0 Å². The van der Waals surface area contributed by atoms with Crippen molar-refractivity contribution in [2.24, 2.45) is 0 Å². The van der Waals surface area contributed by atoms with E-state index in [0.717, 1.165) is 0 Å². The number of nitrogens with one attached hydrogen (secondary N) is 1. The van der Waals surface area contributed by atoms with Crippen LogP contribution in [0.25, 0.3) is 0 Å². The molecule has 0 fully saturated rings. The van der Waals surface area contributed by atoms with E-state index < -0.39 is 5.97 Å². The summed E-state index contributed by atoms with van der Waals surface area (Å²) in [5.74, 6) is -0.617. The second kappa shape index (κ2) is 6.64. The van der Waals surface area contributed by atoms with Crippen molar-refractivity contribution in [1.29, 1.82) is 0 Å². The smallest absolute Gasteiger partial charge is 0.305 e. The summed E-state index contributed by atoms with van der Waals surface area (Å²) in [6.07, 6.45) is -0.0520. The van der Waals surface area contributed by atoms with Crippen molar-refractivity contribution < 1.29 is 19.4 Å². The Morgan fingerprint density at radius 3 is 2.72 bits per heavy atom. The van der Waals surface area contributed by atoms with Crippen molar-refractivity contribution in [3.05, 3.63) is 29.8 Å². The van der Waals surface area contributed by atoms with Gasteiger partial charge in [-0.2, -0.15) is 0 Å². The molecule has 0 atom stereocenters. The van der Waals surface area contributed by atoms with Gasteiger partial charge in [0.15, 0.2) is 0 Å². The van der Waals surface area contributed by atoms with Crippen LogP contribution >= 0.6 is 0 Å². The van der Waals surface area contributed by atoms with E-state index >= 15 is 0 Å². The number of carboxylic acids is 1. The Balaban J connectivity index is 2.59. The average Bonchev–Trinajstić information content (AvgIpc) is 2.27. The van der Waals surface area contributed by atoms with E-state index in [4.69, 9.17) is 9.84 Å². The fourth-order valence-electron chi connectivity index (χ4n) is 1.37. The van der Waals surface area contributed by atoms with Crippen LogP contribution in [-0.2, 0) is 4.79 Å². The minimum Gasteiger partial charge on any atom is -0.491 e. The molecule has 0 saturated heterocycles. The molecule has 5 nitrogen and oxygen atoms in total. The maximum Gasteiger partial charge on any atom is 0.305 e. The summed E-state index contributed by atoms with van der Waals surface area (Å²) < 4.78 is 5.47. The molecule has 1 aromatic rings. The lowest BCUT2D eigenvalue weighted by molar-refractivity contribution is -0.136. The third-order valence-corrected chi connectivity index (χ3v) is 2.09. The number of aliphatic carboxylic acids is 1. The van der Waals surface area contributed by atoms with E-state index in [9.17, 15) is 9.59 Å². The number of carbonyl (C=O) groups is 2. The van der Waals surface area contributed by atoms with Gasteiger partial charge >= 0.3 is 5.97 Å². The predicted octanol–water partition coefficient (Wildman–Crippen LogP) is 1.68. The van der Waals surface area contributed by atoms with Crippen LogP contribution in [0.2, 0.25) is 0 Å². The van der Waals surface area contributed by atoms with Crippen molar-refractivity contribution in [1.82, 2.24) is 5.32 Å². The van der Waals surface area contributed by atoms with Crippen LogP contribution in [0.1, 0.15) is 30.6 Å². The maximum absolute atomic E-state index is 11.7. The summed E-state index contributed by atoms with van der Waals surface area (Å²) in [5.41, 5.74) is 0.457. The topological polar surface area (TPSA) is 75.6 Å². The molecular formula is C13H17NO4. The molecule has 0 radical (unpaired) electrons. The van der Waals surface area contributed by atoms with E-state index in [0.29, 0.717) is 11.3 Å². The maximum atomic E-state index is 11.7. The molecule has 1 rings (SSSR count). The highest BCUT2D eigenvalue weighted by molar-refractivity contribution is 5.94. The van der Waals surface area contributed by atoms with E-state index in [1.807, 2.05) is 13.8 Å². The van der Waals surface area contributed by atoms with Crippen LogP contribution in [0.3, 0.4) is 0 Å². The summed E-state index contributed by atoms with van der Waals surface area (Å²) in [6, 6.07) is 6.79. The number of carbonyl (C=O) groups excluding carboxylic acids is 1. The molecule has 1 amide bonds. The van der Waals surface area contributed by atoms with Gasteiger partial charge in [0.2, 0.25) is 0 Å². The number of amides is 1. The molecule has 0 heterocycles. The minimum absolute atomic E-state index is 0.0373. The lowest BCUT2D eigenvalue weighted by Gasteiger charge is -2.10. The first-order valence-corrected chi connectivity index (χ1v) is 5.75. The molecule has 0 spiro atoms. The molecule has 98 valence electrons. The second-order valence-corrected chi connectivity index (χ2v) is 4.09. The molecule has 0 unspecified atom stereocenters. The van der Waals surface area contributed by atoms with Gasteiger partial charge in [-0.05, 0) is 32.0 Å². The molecule has 0 aliphatic carbocycles. The quantitative estimate of drug-likeness (QED) is 0.806. The summed E-state index contributed by atoms with van der Waals surface area (Å²) >= 11 is 0. The Bertz CT molecular complexity index is 429. The standard InChI is InChI=1S/C13H17NO4/c1-9(2)18-11-5-3-4-10(8-11)13(17)14-7-6-12(15)16/h3-5,8-9H,6-7H2,1-2H3,(H,14,17)(H,15,16). The molecule has 5 heteroatoms. The summed E-state index contributed by atoms with van der Waals surface area (Å²) in [6.45, 7) is 3.92. The minimum atomic E-state index is -0.938. The molecule has 1 aromatic carbocycles. The van der Waals surface area contributed by atoms with Crippen LogP contribution in [-0.4, -0.2) is 29.6 Å². The highest BCUT2D eigenvalue weighted by Gasteiger charge is 2.07. The molecule has 0 bridgehead atoms. The molecule has 0 saturated carbocycles. The lowest BCUT2D eigenvalue weighted by atomic mass is 10.2. The van der Waals surface area contributed by atoms with Gasteiger partial charge in [0.1, 0.15) is 5.75 Å². The summed E-state index contributed by atoms with van der Waals surface area (Å²) in [5, 5.41) is 11.0. The molecular weight excluding hydrogens is 234 g/mol. The lowest BCUT2D eigenvalue weighted by Crippen LogP contribution is -2.26. The Morgan fingerprint density at radius 2 is 2.11 bits per heavy atom. The second-order valence-electron chi connectivity index (χ2n) is 4.09. The highest BCUT2D eigenvalue weighted by atomic mass is 16.5. The predicted molar refractivity (Wildman–Crippen MR) is 66.8 cm³/mol. The SMILES string of the molecule is CC(C)Oc1cccc(C(=O)NCCC(=O)O)c1. The Hall–Kier alpha value is -2.04. The Morgan fingerprint density at radius 1 is 1.39 bits per heavy atom. The van der Waals surface area contributed by atoms with Crippen molar-refractivity contribution in [3.8, 4) is 5.75 Å². The molecule has 0 aliphatic heterocycles. The highest BCUT2D eigenvalue weighted by Crippen LogP contribution is 2.14. The van der Waals surface area contributed by atoms with E-state index in [-0.39, 0.29) is 25.0 Å². The number of carboxylic acid groups (broad SMARTS) is 1. The van der Waals surface area contributed by atoms with Gasteiger partial charge in [-0.1, -0.05) is 6.07 Å². The molecule has 2 N–H and O–H groups in total. The number of hydrogen-bond donors (Lipinski definition) is 2. The third-order valence-electron chi connectivity index (χ3n) is 2.09. The third kappa shape index (κ3) is 4.86. The fourth-order valence-corrected chi connectivity index (χ4v) is 1.37. The number of ether oxygens (including phenoxy) is 1. The van der Waals surface area contributed by atoms with E-state index in [1.165, 1.54) is 0 Å².